The fourth-order valence-corrected chi connectivity index (χ4v) is 1.12. The molecule has 1 unspecified atom stereocenters. The Kier molecular flexibility index (Phi) is 5.48. The Morgan fingerprint density at radius 3 is 2.46 bits per heavy atom. The van der Waals surface area contributed by atoms with Crippen LogP contribution in [0.2, 0.25) is 0 Å². The summed E-state index contributed by atoms with van der Waals surface area (Å²) in [5.74, 6) is -1.24. The van der Waals surface area contributed by atoms with Crippen LogP contribution in [0.4, 0.5) is 5.69 Å². The molecule has 2 N–H and O–H groups in total. The zero-order chi connectivity index (χ0) is 9.14. The van der Waals surface area contributed by atoms with Gasteiger partial charge in [0.15, 0.2) is 0 Å². The standard InChI is InChI=1S/C8H9NO2S.Na/c9-6-4-2-1-3-5(6)7(12)8(10)11;/h1-4,7,12H,9H2,(H,10,11);/q;+1/p-1. The second kappa shape index (κ2) is 5.54. The van der Waals surface area contributed by atoms with Crippen LogP contribution >= 0.6 is 12.6 Å². The van der Waals surface area contributed by atoms with Gasteiger partial charge in [0.2, 0.25) is 0 Å². The number of carbonyl (C=O) groups excluding carboxylic acids is 1. The van der Waals surface area contributed by atoms with Gasteiger partial charge in [0.1, 0.15) is 0 Å². The Hall–Kier alpha value is -0.160. The maximum atomic E-state index is 10.4. The van der Waals surface area contributed by atoms with E-state index in [2.05, 4.69) is 12.6 Å². The maximum absolute atomic E-state index is 10.4. The number of carboxylic acid groups (broad SMARTS) is 1. The Bertz CT molecular complexity index is 306. The van der Waals surface area contributed by atoms with Crippen molar-refractivity contribution in [1.82, 2.24) is 0 Å². The van der Waals surface area contributed by atoms with Crippen molar-refractivity contribution in [3.8, 4) is 0 Å². The summed E-state index contributed by atoms with van der Waals surface area (Å²) in [7, 11) is 0. The van der Waals surface area contributed by atoms with E-state index < -0.39 is 11.2 Å². The zero-order valence-electron chi connectivity index (χ0n) is 7.23. The third-order valence-electron chi connectivity index (χ3n) is 1.51. The topological polar surface area (TPSA) is 66.2 Å². The molecule has 0 radical (unpaired) electrons. The predicted molar refractivity (Wildman–Crippen MR) is 47.6 cm³/mol. The second-order valence-corrected chi connectivity index (χ2v) is 2.87. The Labute approximate surface area is 104 Å². The van der Waals surface area contributed by atoms with Gasteiger partial charge in [-0.2, -0.15) is 12.6 Å². The third-order valence-corrected chi connectivity index (χ3v) is 2.00. The van der Waals surface area contributed by atoms with E-state index in [1.54, 1.807) is 24.3 Å². The first-order valence-electron chi connectivity index (χ1n) is 3.36. The van der Waals surface area contributed by atoms with Gasteiger partial charge in [-0.15, -0.1) is 0 Å². The van der Waals surface area contributed by atoms with E-state index in [1.807, 2.05) is 0 Å². The van der Waals surface area contributed by atoms with Gasteiger partial charge in [-0.05, 0) is 11.6 Å². The molecular weight excluding hydrogens is 197 g/mol. The maximum Gasteiger partial charge on any atom is 1.00 e. The monoisotopic (exact) mass is 205 g/mol. The van der Waals surface area contributed by atoms with Crippen molar-refractivity contribution in [1.29, 1.82) is 0 Å². The van der Waals surface area contributed by atoms with Crippen LogP contribution in [-0.2, 0) is 4.79 Å². The number of carbonyl (C=O) groups is 1. The Balaban J connectivity index is 0.00000144. The number of anilines is 1. The summed E-state index contributed by atoms with van der Waals surface area (Å²) in [6, 6.07) is 6.68. The number of benzene rings is 1. The summed E-state index contributed by atoms with van der Waals surface area (Å²) in [5, 5.41) is 9.46. The van der Waals surface area contributed by atoms with Crippen molar-refractivity contribution in [3.63, 3.8) is 0 Å². The summed E-state index contributed by atoms with van der Waals surface area (Å²) in [4.78, 5) is 10.4. The predicted octanol–water partition coefficient (Wildman–Crippen LogP) is -3.01. The third kappa shape index (κ3) is 3.23. The van der Waals surface area contributed by atoms with Gasteiger partial charge >= 0.3 is 29.6 Å². The molecular formula is C8H8NNaO2S. The number of rotatable bonds is 2. The summed E-state index contributed by atoms with van der Waals surface area (Å²) >= 11 is 3.84. The van der Waals surface area contributed by atoms with Gasteiger partial charge in [-0.3, -0.25) is 0 Å². The molecule has 3 nitrogen and oxygen atoms in total. The first-order chi connectivity index (χ1) is 5.63. The van der Waals surface area contributed by atoms with Crippen molar-refractivity contribution in [2.45, 2.75) is 5.25 Å². The molecule has 0 saturated heterocycles. The number of thiol groups is 1. The first kappa shape index (κ1) is 12.8. The normalized spacial score (nSPS) is 11.5. The van der Waals surface area contributed by atoms with Gasteiger partial charge < -0.3 is 15.6 Å². The van der Waals surface area contributed by atoms with Crippen LogP contribution in [0.25, 0.3) is 0 Å². The molecule has 1 aromatic rings. The first-order valence-corrected chi connectivity index (χ1v) is 3.88. The second-order valence-electron chi connectivity index (χ2n) is 2.35. The fourth-order valence-electron chi connectivity index (χ4n) is 0.887. The van der Waals surface area contributed by atoms with Gasteiger partial charge in [-0.1, -0.05) is 18.2 Å². The SMILES string of the molecule is Nc1ccccc1C(S)C(=O)[O-].[Na+]. The molecule has 0 spiro atoms. The van der Waals surface area contributed by atoms with Crippen LogP contribution < -0.4 is 40.4 Å². The van der Waals surface area contributed by atoms with Crippen LogP contribution in [-0.4, -0.2) is 5.97 Å². The molecule has 0 fully saturated rings. The number of nitrogen functional groups attached to an aromatic ring is 1. The van der Waals surface area contributed by atoms with Crippen LogP contribution in [0, 0.1) is 0 Å². The minimum atomic E-state index is -1.24. The number of para-hydroxylation sites is 1. The van der Waals surface area contributed by atoms with E-state index in [4.69, 9.17) is 5.73 Å². The van der Waals surface area contributed by atoms with Gasteiger partial charge in [0.25, 0.3) is 0 Å². The van der Waals surface area contributed by atoms with Crippen molar-refractivity contribution in [2.24, 2.45) is 0 Å². The summed E-state index contributed by atoms with van der Waals surface area (Å²) in [5.41, 5.74) is 6.41. The molecule has 0 saturated carbocycles. The molecule has 0 aliphatic carbocycles. The molecule has 1 rings (SSSR count). The van der Waals surface area contributed by atoms with E-state index in [9.17, 15) is 9.90 Å². The van der Waals surface area contributed by atoms with Gasteiger partial charge in [0, 0.05) is 5.69 Å². The fraction of sp³-hybridized carbons (Fsp3) is 0.125. The van der Waals surface area contributed by atoms with Crippen molar-refractivity contribution in [3.05, 3.63) is 29.8 Å². The molecule has 13 heavy (non-hydrogen) atoms. The number of nitrogens with two attached hydrogens (primary N) is 1. The minimum Gasteiger partial charge on any atom is -0.549 e. The minimum absolute atomic E-state index is 0. The molecule has 0 aliphatic rings. The molecule has 0 amide bonds. The Morgan fingerprint density at radius 1 is 1.46 bits per heavy atom. The molecule has 0 bridgehead atoms. The van der Waals surface area contributed by atoms with Crippen molar-refractivity contribution in [2.75, 3.05) is 5.73 Å². The Morgan fingerprint density at radius 2 is 2.00 bits per heavy atom. The molecule has 64 valence electrons. The van der Waals surface area contributed by atoms with Gasteiger partial charge in [-0.25, -0.2) is 0 Å². The van der Waals surface area contributed by atoms with E-state index in [0.717, 1.165) is 0 Å². The summed E-state index contributed by atoms with van der Waals surface area (Å²) in [6.07, 6.45) is 0. The van der Waals surface area contributed by atoms with E-state index in [1.165, 1.54) is 0 Å². The molecule has 0 aliphatic heterocycles. The number of carboxylic acids is 1. The quantitative estimate of drug-likeness (QED) is 0.307. The van der Waals surface area contributed by atoms with Crippen molar-refractivity contribution >= 4 is 24.3 Å². The van der Waals surface area contributed by atoms with Crippen LogP contribution in [0.1, 0.15) is 10.8 Å². The largest absolute Gasteiger partial charge is 1.00 e. The molecule has 5 heteroatoms. The summed E-state index contributed by atoms with van der Waals surface area (Å²) in [6.45, 7) is 0. The average Bonchev–Trinajstić information content (AvgIpc) is 2.04. The smallest absolute Gasteiger partial charge is 0.549 e. The number of hydrogen-bond acceptors (Lipinski definition) is 4. The van der Waals surface area contributed by atoms with Gasteiger partial charge in [0.05, 0.1) is 11.2 Å². The molecule has 0 aromatic heterocycles. The van der Waals surface area contributed by atoms with Crippen LogP contribution in [0.3, 0.4) is 0 Å². The molecule has 1 aromatic carbocycles. The van der Waals surface area contributed by atoms with Crippen LogP contribution in [0.15, 0.2) is 24.3 Å². The molecule has 1 atom stereocenters. The summed E-state index contributed by atoms with van der Waals surface area (Å²) < 4.78 is 0. The zero-order valence-corrected chi connectivity index (χ0v) is 10.1. The molecule has 0 heterocycles. The van der Waals surface area contributed by atoms with E-state index in [-0.39, 0.29) is 29.6 Å². The number of aliphatic carboxylic acids is 1. The van der Waals surface area contributed by atoms with Crippen LogP contribution in [0.5, 0.6) is 0 Å². The van der Waals surface area contributed by atoms with E-state index >= 15 is 0 Å². The van der Waals surface area contributed by atoms with Crippen molar-refractivity contribution < 1.29 is 39.5 Å². The van der Waals surface area contributed by atoms with E-state index in [0.29, 0.717) is 11.3 Å². The average molecular weight is 205 g/mol. The number of hydrogen-bond donors (Lipinski definition) is 2.